The van der Waals surface area contributed by atoms with E-state index in [4.69, 9.17) is 10.5 Å². The van der Waals surface area contributed by atoms with Gasteiger partial charge < -0.3 is 15.4 Å². The first kappa shape index (κ1) is 18.4. The summed E-state index contributed by atoms with van der Waals surface area (Å²) < 4.78 is 5.39. The number of nitrogens with two attached hydrogens (primary N) is 1. The number of anilines is 1. The lowest BCUT2D eigenvalue weighted by molar-refractivity contribution is 0.0906. The summed E-state index contributed by atoms with van der Waals surface area (Å²) in [5.41, 5.74) is 8.22. The molecule has 0 radical (unpaired) electrons. The molecule has 1 aromatic carbocycles. The molecule has 26 heavy (non-hydrogen) atoms. The molecule has 1 aromatic heterocycles. The van der Waals surface area contributed by atoms with E-state index in [1.807, 2.05) is 26.0 Å². The summed E-state index contributed by atoms with van der Waals surface area (Å²) in [6.07, 6.45) is 1.77. The van der Waals surface area contributed by atoms with Crippen molar-refractivity contribution in [3.05, 3.63) is 39.9 Å². The van der Waals surface area contributed by atoms with E-state index in [1.165, 1.54) is 11.3 Å². The highest BCUT2D eigenvalue weighted by Crippen LogP contribution is 2.30. The van der Waals surface area contributed by atoms with Crippen molar-refractivity contribution in [3.8, 4) is 5.75 Å². The Bertz CT molecular complexity index is 823. The highest BCUT2D eigenvalue weighted by molar-refractivity contribution is 7.13. The minimum atomic E-state index is -0.527. The van der Waals surface area contributed by atoms with Gasteiger partial charge >= 0.3 is 0 Å². The van der Waals surface area contributed by atoms with Gasteiger partial charge in [-0.1, -0.05) is 0 Å². The smallest absolute Gasteiger partial charge is 0.268 e. The summed E-state index contributed by atoms with van der Waals surface area (Å²) >= 11 is 1.39. The molecule has 0 unspecified atom stereocenters. The summed E-state index contributed by atoms with van der Waals surface area (Å²) in [5.74, 6) is 0.363. The predicted molar refractivity (Wildman–Crippen MR) is 102 cm³/mol. The van der Waals surface area contributed by atoms with Gasteiger partial charge in [-0.2, -0.15) is 0 Å². The van der Waals surface area contributed by atoms with Crippen molar-refractivity contribution in [3.63, 3.8) is 0 Å². The molecule has 3 rings (SSSR count). The number of amides is 1. The monoisotopic (exact) mass is 373 g/mol. The number of hydrogen-bond acceptors (Lipinski definition) is 6. The van der Waals surface area contributed by atoms with Crippen LogP contribution in [0.3, 0.4) is 0 Å². The van der Waals surface area contributed by atoms with Crippen LogP contribution in [-0.4, -0.2) is 36.9 Å². The summed E-state index contributed by atoms with van der Waals surface area (Å²) in [4.78, 5) is 30.7. The highest BCUT2D eigenvalue weighted by atomic mass is 32.1. The third-order valence-electron chi connectivity index (χ3n) is 4.76. The number of methoxy groups -OCH3 is 1. The van der Waals surface area contributed by atoms with Crippen LogP contribution in [0.1, 0.15) is 44.8 Å². The minimum absolute atomic E-state index is 0.0862. The predicted octanol–water partition coefficient (Wildman–Crippen LogP) is 2.97. The van der Waals surface area contributed by atoms with Gasteiger partial charge in [0.15, 0.2) is 10.9 Å². The fourth-order valence-corrected chi connectivity index (χ4v) is 4.39. The van der Waals surface area contributed by atoms with Crippen molar-refractivity contribution >= 4 is 28.2 Å². The number of hydrogen-bond donors (Lipinski definition) is 1. The van der Waals surface area contributed by atoms with Crippen molar-refractivity contribution in [2.24, 2.45) is 11.7 Å². The molecule has 138 valence electrons. The molecule has 1 aliphatic heterocycles. The van der Waals surface area contributed by atoms with Crippen molar-refractivity contribution in [2.45, 2.75) is 26.7 Å². The molecule has 2 N–H and O–H groups in total. The number of carbonyl (C=O) groups excluding carboxylic acids is 2. The first-order valence-corrected chi connectivity index (χ1v) is 9.48. The van der Waals surface area contributed by atoms with E-state index in [0.29, 0.717) is 6.54 Å². The van der Waals surface area contributed by atoms with E-state index in [9.17, 15) is 9.59 Å². The fourth-order valence-electron chi connectivity index (χ4n) is 3.54. The molecule has 1 amide bonds. The van der Waals surface area contributed by atoms with E-state index in [2.05, 4.69) is 9.88 Å². The van der Waals surface area contributed by atoms with Crippen LogP contribution in [0.4, 0.5) is 5.13 Å². The van der Waals surface area contributed by atoms with Crippen LogP contribution in [-0.2, 0) is 0 Å². The molecular weight excluding hydrogens is 350 g/mol. The van der Waals surface area contributed by atoms with Crippen LogP contribution < -0.4 is 15.4 Å². The largest absolute Gasteiger partial charge is 0.496 e. The number of piperidine rings is 1. The molecule has 2 aromatic rings. The second-order valence-electron chi connectivity index (χ2n) is 6.67. The van der Waals surface area contributed by atoms with Gasteiger partial charge in [-0.25, -0.2) is 4.98 Å². The molecule has 0 spiro atoms. The van der Waals surface area contributed by atoms with Gasteiger partial charge in [-0.3, -0.25) is 9.59 Å². The number of aryl methyl sites for hydroxylation is 2. The second kappa shape index (κ2) is 7.45. The molecule has 1 atom stereocenters. The van der Waals surface area contributed by atoms with Crippen molar-refractivity contribution in [1.82, 2.24) is 4.98 Å². The second-order valence-corrected chi connectivity index (χ2v) is 7.51. The summed E-state index contributed by atoms with van der Waals surface area (Å²) in [6.45, 7) is 5.35. The summed E-state index contributed by atoms with van der Waals surface area (Å²) in [5, 5.41) is 2.41. The Hall–Kier alpha value is -2.41. The Labute approximate surface area is 157 Å². The number of aromatic nitrogens is 1. The van der Waals surface area contributed by atoms with Gasteiger partial charge in [0, 0.05) is 30.0 Å². The third kappa shape index (κ3) is 3.58. The number of Topliss-reactive ketones (excluding diaryl/α,β-unsaturated/α-hetero) is 1. The van der Waals surface area contributed by atoms with Crippen molar-refractivity contribution in [1.29, 1.82) is 0 Å². The molecule has 6 nitrogen and oxygen atoms in total. The number of ketones is 1. The normalized spacial score (nSPS) is 17.2. The number of nitrogens with zero attached hydrogens (tertiary/aromatic N) is 2. The van der Waals surface area contributed by atoms with Gasteiger partial charge in [-0.15, -0.1) is 11.3 Å². The zero-order valence-electron chi connectivity index (χ0n) is 15.2. The number of benzene rings is 1. The zero-order chi connectivity index (χ0) is 18.8. The van der Waals surface area contributed by atoms with Crippen LogP contribution in [0, 0.1) is 19.8 Å². The lowest BCUT2D eigenvalue weighted by Gasteiger charge is -2.32. The molecular formula is C19H23N3O3S. The van der Waals surface area contributed by atoms with Crippen LogP contribution in [0.2, 0.25) is 0 Å². The van der Waals surface area contributed by atoms with Crippen molar-refractivity contribution in [2.75, 3.05) is 25.1 Å². The molecule has 0 bridgehead atoms. The van der Waals surface area contributed by atoms with E-state index >= 15 is 0 Å². The van der Waals surface area contributed by atoms with Crippen LogP contribution in [0.15, 0.2) is 17.5 Å². The Kier molecular flexibility index (Phi) is 5.27. The molecule has 1 saturated heterocycles. The Balaban J connectivity index is 1.78. The fraction of sp³-hybridized carbons (Fsp3) is 0.421. The van der Waals surface area contributed by atoms with E-state index in [1.54, 1.807) is 12.5 Å². The van der Waals surface area contributed by atoms with Crippen LogP contribution in [0.25, 0.3) is 0 Å². The first-order valence-electron chi connectivity index (χ1n) is 8.60. The van der Waals surface area contributed by atoms with E-state index < -0.39 is 5.91 Å². The average Bonchev–Trinajstić information content (AvgIpc) is 3.11. The van der Waals surface area contributed by atoms with Gasteiger partial charge in [-0.05, 0) is 49.9 Å². The molecule has 0 aliphatic carbocycles. The van der Waals surface area contributed by atoms with E-state index in [-0.39, 0.29) is 17.4 Å². The first-order chi connectivity index (χ1) is 12.4. The quantitative estimate of drug-likeness (QED) is 0.815. The molecule has 0 saturated carbocycles. The Morgan fingerprint density at radius 1 is 1.31 bits per heavy atom. The molecule has 7 heteroatoms. The molecule has 1 aliphatic rings. The zero-order valence-corrected chi connectivity index (χ0v) is 16.1. The maximum Gasteiger partial charge on any atom is 0.268 e. The van der Waals surface area contributed by atoms with Gasteiger partial charge in [0.25, 0.3) is 5.91 Å². The molecule has 2 heterocycles. The number of ether oxygens (including phenoxy) is 1. The maximum absolute atomic E-state index is 13.0. The minimum Gasteiger partial charge on any atom is -0.496 e. The third-order valence-corrected chi connectivity index (χ3v) is 5.66. The summed E-state index contributed by atoms with van der Waals surface area (Å²) in [7, 11) is 1.64. The average molecular weight is 373 g/mol. The van der Waals surface area contributed by atoms with Crippen molar-refractivity contribution < 1.29 is 14.3 Å². The summed E-state index contributed by atoms with van der Waals surface area (Å²) in [6, 6.07) is 3.81. The van der Waals surface area contributed by atoms with Crippen LogP contribution >= 0.6 is 11.3 Å². The standard InChI is InChI=1S/C19H23N3O3S/c1-11-7-14(8-12(2)17(11)25-3)16(23)13-5-4-6-22(9-13)19-21-15(10-26-19)18(20)24/h7-8,10,13H,4-6,9H2,1-3H3,(H2,20,24)/t13-/m1/s1. The Morgan fingerprint density at radius 2 is 2.00 bits per heavy atom. The number of thiazole rings is 1. The lowest BCUT2D eigenvalue weighted by atomic mass is 9.89. The topological polar surface area (TPSA) is 85.5 Å². The van der Waals surface area contributed by atoms with Gasteiger partial charge in [0.1, 0.15) is 11.4 Å². The van der Waals surface area contributed by atoms with Gasteiger partial charge in [0.05, 0.1) is 7.11 Å². The Morgan fingerprint density at radius 3 is 2.58 bits per heavy atom. The van der Waals surface area contributed by atoms with Gasteiger partial charge in [0.2, 0.25) is 0 Å². The lowest BCUT2D eigenvalue weighted by Crippen LogP contribution is -2.38. The number of primary amides is 1. The highest BCUT2D eigenvalue weighted by Gasteiger charge is 2.28. The number of carbonyl (C=O) groups is 2. The van der Waals surface area contributed by atoms with E-state index in [0.717, 1.165) is 47.0 Å². The molecule has 1 fully saturated rings. The number of rotatable bonds is 5. The maximum atomic E-state index is 13.0. The SMILES string of the molecule is COc1c(C)cc(C(=O)[C@@H]2CCCN(c3nc(C(N)=O)cs3)C2)cc1C. The van der Waals surface area contributed by atoms with Crippen LogP contribution in [0.5, 0.6) is 5.75 Å².